The fourth-order valence-corrected chi connectivity index (χ4v) is 2.05. The van der Waals surface area contributed by atoms with E-state index in [9.17, 15) is 0 Å². The standard InChI is InChI=1S/C12H26N2/c1-4-11(2)9-14-7-5-12(3,10-13)6-8-14/h11H,4-10,13H2,1-3H3. The highest BCUT2D eigenvalue weighted by atomic mass is 15.1. The molecule has 2 nitrogen and oxygen atoms in total. The van der Waals surface area contributed by atoms with Crippen molar-refractivity contribution in [3.8, 4) is 0 Å². The van der Waals surface area contributed by atoms with Crippen LogP contribution in [0.1, 0.15) is 40.0 Å². The number of rotatable bonds is 4. The van der Waals surface area contributed by atoms with Gasteiger partial charge in [-0.15, -0.1) is 0 Å². The molecule has 1 unspecified atom stereocenters. The van der Waals surface area contributed by atoms with Gasteiger partial charge < -0.3 is 10.6 Å². The van der Waals surface area contributed by atoms with Crippen LogP contribution in [-0.2, 0) is 0 Å². The lowest BCUT2D eigenvalue weighted by Crippen LogP contribution is -2.43. The molecule has 84 valence electrons. The molecule has 1 fully saturated rings. The Morgan fingerprint density at radius 2 is 1.93 bits per heavy atom. The lowest BCUT2D eigenvalue weighted by atomic mass is 9.80. The van der Waals surface area contributed by atoms with E-state index in [2.05, 4.69) is 25.7 Å². The molecule has 0 amide bonds. The zero-order valence-electron chi connectivity index (χ0n) is 10.1. The minimum absolute atomic E-state index is 0.423. The minimum Gasteiger partial charge on any atom is -0.330 e. The van der Waals surface area contributed by atoms with Gasteiger partial charge in [-0.3, -0.25) is 0 Å². The molecule has 1 saturated heterocycles. The average Bonchev–Trinajstić information content (AvgIpc) is 2.21. The van der Waals surface area contributed by atoms with E-state index in [-0.39, 0.29) is 0 Å². The van der Waals surface area contributed by atoms with E-state index in [4.69, 9.17) is 5.73 Å². The van der Waals surface area contributed by atoms with E-state index in [0.717, 1.165) is 12.5 Å². The van der Waals surface area contributed by atoms with E-state index in [0.29, 0.717) is 5.41 Å². The Morgan fingerprint density at radius 1 is 1.36 bits per heavy atom. The molecule has 0 radical (unpaired) electrons. The van der Waals surface area contributed by atoms with Crippen LogP contribution in [0, 0.1) is 11.3 Å². The van der Waals surface area contributed by atoms with Gasteiger partial charge in [0.15, 0.2) is 0 Å². The molecule has 0 aromatic heterocycles. The van der Waals surface area contributed by atoms with Crippen LogP contribution >= 0.6 is 0 Å². The van der Waals surface area contributed by atoms with Crippen LogP contribution in [0.15, 0.2) is 0 Å². The predicted molar refractivity (Wildman–Crippen MR) is 62.3 cm³/mol. The minimum atomic E-state index is 0.423. The molecule has 1 aliphatic heterocycles. The molecule has 0 aromatic carbocycles. The number of hydrogen-bond acceptors (Lipinski definition) is 2. The maximum atomic E-state index is 5.79. The Hall–Kier alpha value is -0.0800. The number of nitrogens with two attached hydrogens (primary N) is 1. The molecule has 1 atom stereocenters. The van der Waals surface area contributed by atoms with Crippen LogP contribution in [0.25, 0.3) is 0 Å². The molecule has 2 N–H and O–H groups in total. The van der Waals surface area contributed by atoms with Gasteiger partial charge in [0.2, 0.25) is 0 Å². The summed E-state index contributed by atoms with van der Waals surface area (Å²) in [5.41, 5.74) is 6.21. The summed E-state index contributed by atoms with van der Waals surface area (Å²) < 4.78 is 0. The molecule has 0 saturated carbocycles. The van der Waals surface area contributed by atoms with Crippen molar-refractivity contribution in [2.45, 2.75) is 40.0 Å². The summed E-state index contributed by atoms with van der Waals surface area (Å²) in [5, 5.41) is 0. The summed E-state index contributed by atoms with van der Waals surface area (Å²) in [5.74, 6) is 0.845. The smallest absolute Gasteiger partial charge is 0.000692 e. The Morgan fingerprint density at radius 3 is 2.36 bits per heavy atom. The molecule has 14 heavy (non-hydrogen) atoms. The molecule has 0 spiro atoms. The molecule has 1 aliphatic rings. The first-order valence-electron chi connectivity index (χ1n) is 6.02. The Bertz CT molecular complexity index is 160. The Labute approximate surface area is 88.8 Å². The third-order valence-electron chi connectivity index (χ3n) is 3.82. The van der Waals surface area contributed by atoms with E-state index < -0.39 is 0 Å². The summed E-state index contributed by atoms with van der Waals surface area (Å²) in [7, 11) is 0. The van der Waals surface area contributed by atoms with Crippen LogP contribution in [0.2, 0.25) is 0 Å². The van der Waals surface area contributed by atoms with Crippen LogP contribution in [-0.4, -0.2) is 31.1 Å². The number of nitrogens with zero attached hydrogens (tertiary/aromatic N) is 1. The van der Waals surface area contributed by atoms with Gasteiger partial charge >= 0.3 is 0 Å². The summed E-state index contributed by atoms with van der Waals surface area (Å²) in [6.07, 6.45) is 3.85. The summed E-state index contributed by atoms with van der Waals surface area (Å²) >= 11 is 0. The van der Waals surface area contributed by atoms with E-state index in [1.807, 2.05) is 0 Å². The third kappa shape index (κ3) is 3.25. The highest BCUT2D eigenvalue weighted by molar-refractivity contribution is 4.83. The number of hydrogen-bond donors (Lipinski definition) is 1. The molecule has 0 aliphatic carbocycles. The predicted octanol–water partition coefficient (Wildman–Crippen LogP) is 2.09. The molecule has 1 heterocycles. The van der Waals surface area contributed by atoms with Crippen molar-refractivity contribution >= 4 is 0 Å². The van der Waals surface area contributed by atoms with E-state index in [1.165, 1.54) is 38.9 Å². The van der Waals surface area contributed by atoms with Gasteiger partial charge in [-0.2, -0.15) is 0 Å². The van der Waals surface area contributed by atoms with Gasteiger partial charge in [-0.25, -0.2) is 0 Å². The van der Waals surface area contributed by atoms with E-state index >= 15 is 0 Å². The number of likely N-dealkylation sites (tertiary alicyclic amines) is 1. The average molecular weight is 198 g/mol. The maximum Gasteiger partial charge on any atom is 0.000692 e. The highest BCUT2D eigenvalue weighted by Gasteiger charge is 2.28. The van der Waals surface area contributed by atoms with Crippen molar-refractivity contribution in [1.82, 2.24) is 4.90 Å². The quantitative estimate of drug-likeness (QED) is 0.749. The van der Waals surface area contributed by atoms with Gasteiger partial charge in [0.05, 0.1) is 0 Å². The SMILES string of the molecule is CCC(C)CN1CCC(C)(CN)CC1. The Balaban J connectivity index is 2.29. The highest BCUT2D eigenvalue weighted by Crippen LogP contribution is 2.29. The second kappa shape index (κ2) is 5.13. The summed E-state index contributed by atoms with van der Waals surface area (Å²) in [4.78, 5) is 2.60. The van der Waals surface area contributed by atoms with Gasteiger partial charge in [-0.05, 0) is 43.8 Å². The Kier molecular flexibility index (Phi) is 4.39. The molecule has 0 bridgehead atoms. The largest absolute Gasteiger partial charge is 0.330 e. The van der Waals surface area contributed by atoms with Crippen molar-refractivity contribution in [3.63, 3.8) is 0 Å². The van der Waals surface area contributed by atoms with Crippen molar-refractivity contribution in [3.05, 3.63) is 0 Å². The van der Waals surface area contributed by atoms with Gasteiger partial charge in [0.1, 0.15) is 0 Å². The molecule has 2 heteroatoms. The second-order valence-corrected chi connectivity index (χ2v) is 5.33. The zero-order chi connectivity index (χ0) is 10.6. The van der Waals surface area contributed by atoms with Crippen molar-refractivity contribution in [2.24, 2.45) is 17.1 Å². The summed E-state index contributed by atoms with van der Waals surface area (Å²) in [6.45, 7) is 11.6. The fourth-order valence-electron chi connectivity index (χ4n) is 2.05. The van der Waals surface area contributed by atoms with Gasteiger partial charge in [-0.1, -0.05) is 27.2 Å². The zero-order valence-corrected chi connectivity index (χ0v) is 10.1. The molecular weight excluding hydrogens is 172 g/mol. The maximum absolute atomic E-state index is 5.79. The van der Waals surface area contributed by atoms with Crippen LogP contribution < -0.4 is 5.73 Å². The first-order chi connectivity index (χ1) is 6.59. The van der Waals surface area contributed by atoms with Crippen LogP contribution in [0.3, 0.4) is 0 Å². The van der Waals surface area contributed by atoms with Crippen molar-refractivity contribution < 1.29 is 0 Å². The second-order valence-electron chi connectivity index (χ2n) is 5.33. The number of piperidine rings is 1. The monoisotopic (exact) mass is 198 g/mol. The van der Waals surface area contributed by atoms with E-state index in [1.54, 1.807) is 0 Å². The molecule has 1 rings (SSSR count). The normalized spacial score (nSPS) is 24.9. The van der Waals surface area contributed by atoms with Crippen molar-refractivity contribution in [2.75, 3.05) is 26.2 Å². The lowest BCUT2D eigenvalue weighted by molar-refractivity contribution is 0.111. The third-order valence-corrected chi connectivity index (χ3v) is 3.82. The summed E-state index contributed by atoms with van der Waals surface area (Å²) in [6, 6.07) is 0. The molecular formula is C12H26N2. The van der Waals surface area contributed by atoms with Crippen LogP contribution in [0.5, 0.6) is 0 Å². The van der Waals surface area contributed by atoms with Crippen molar-refractivity contribution in [1.29, 1.82) is 0 Å². The molecule has 0 aromatic rings. The topological polar surface area (TPSA) is 29.3 Å². The first-order valence-corrected chi connectivity index (χ1v) is 6.02. The fraction of sp³-hybridized carbons (Fsp3) is 1.00. The first kappa shape index (κ1) is 12.0. The van der Waals surface area contributed by atoms with Crippen LogP contribution in [0.4, 0.5) is 0 Å². The van der Waals surface area contributed by atoms with Gasteiger partial charge in [0, 0.05) is 6.54 Å². The van der Waals surface area contributed by atoms with Gasteiger partial charge in [0.25, 0.3) is 0 Å². The lowest BCUT2D eigenvalue weighted by Gasteiger charge is -2.39.